The van der Waals surface area contributed by atoms with Crippen molar-refractivity contribution < 1.29 is 4.79 Å². The number of halogens is 2. The second-order valence-corrected chi connectivity index (χ2v) is 6.62. The standard InChI is InChI=1S/C18H22Cl2N2O/c1-4-5-6-7-16-17(12(2)19)11-22(18(16)23)13(3)14-8-15(20)10-21-9-14/h6-8,10,13,21H,2,4-5,9,11H2,1,3H3/b7-6-. The fourth-order valence-corrected chi connectivity index (χ4v) is 3.08. The van der Waals surface area contributed by atoms with E-state index in [-0.39, 0.29) is 11.9 Å². The zero-order valence-corrected chi connectivity index (χ0v) is 15.0. The van der Waals surface area contributed by atoms with Gasteiger partial charge in [0.2, 0.25) is 0 Å². The first kappa shape index (κ1) is 17.9. The molecule has 0 fully saturated rings. The summed E-state index contributed by atoms with van der Waals surface area (Å²) in [4.78, 5) is 14.6. The molecule has 23 heavy (non-hydrogen) atoms. The molecule has 3 nitrogen and oxygen atoms in total. The fraction of sp³-hybridized carbons (Fsp3) is 0.389. The fourth-order valence-electron chi connectivity index (χ4n) is 2.70. The van der Waals surface area contributed by atoms with E-state index in [0.29, 0.717) is 28.7 Å². The third-order valence-electron chi connectivity index (χ3n) is 4.09. The Kier molecular flexibility index (Phi) is 6.14. The van der Waals surface area contributed by atoms with Gasteiger partial charge in [-0.15, -0.1) is 0 Å². The van der Waals surface area contributed by atoms with Gasteiger partial charge in [0, 0.05) is 35.5 Å². The normalized spacial score (nSPS) is 19.8. The Morgan fingerprint density at radius 1 is 1.57 bits per heavy atom. The molecule has 1 unspecified atom stereocenters. The van der Waals surface area contributed by atoms with Crippen LogP contribution in [0.25, 0.3) is 0 Å². The molecule has 0 aromatic rings. The minimum absolute atomic E-state index is 0.00627. The van der Waals surface area contributed by atoms with Gasteiger partial charge in [0.1, 0.15) is 0 Å². The summed E-state index contributed by atoms with van der Waals surface area (Å²) in [5.41, 5.74) is 2.53. The lowest BCUT2D eigenvalue weighted by atomic mass is 10.1. The predicted octanol–water partition coefficient (Wildman–Crippen LogP) is 4.23. The Hall–Kier alpha value is -1.45. The van der Waals surface area contributed by atoms with Gasteiger partial charge in [-0.3, -0.25) is 4.79 Å². The molecule has 124 valence electrons. The average Bonchev–Trinajstić information content (AvgIpc) is 2.84. The van der Waals surface area contributed by atoms with Gasteiger partial charge in [0.05, 0.1) is 11.1 Å². The van der Waals surface area contributed by atoms with E-state index in [4.69, 9.17) is 23.2 Å². The first-order valence-electron chi connectivity index (χ1n) is 7.80. The van der Waals surface area contributed by atoms with Crippen LogP contribution in [0.15, 0.2) is 57.8 Å². The molecule has 1 atom stereocenters. The van der Waals surface area contributed by atoms with Crippen molar-refractivity contribution in [2.45, 2.75) is 32.7 Å². The molecule has 0 radical (unpaired) electrons. The van der Waals surface area contributed by atoms with Gasteiger partial charge in [-0.2, -0.15) is 0 Å². The van der Waals surface area contributed by atoms with Gasteiger partial charge in [-0.25, -0.2) is 0 Å². The van der Waals surface area contributed by atoms with Crippen LogP contribution >= 0.6 is 23.2 Å². The van der Waals surface area contributed by atoms with E-state index in [9.17, 15) is 4.79 Å². The molecular weight excluding hydrogens is 331 g/mol. The summed E-state index contributed by atoms with van der Waals surface area (Å²) in [7, 11) is 0. The Morgan fingerprint density at radius 2 is 2.30 bits per heavy atom. The van der Waals surface area contributed by atoms with Crippen molar-refractivity contribution in [3.8, 4) is 0 Å². The van der Waals surface area contributed by atoms with Crippen LogP contribution in [0.2, 0.25) is 0 Å². The second-order valence-electron chi connectivity index (χ2n) is 5.73. The third kappa shape index (κ3) is 4.10. The average molecular weight is 353 g/mol. The Bertz CT molecular complexity index is 629. The lowest BCUT2D eigenvalue weighted by Crippen LogP contribution is -2.39. The molecule has 0 bridgehead atoms. The minimum Gasteiger partial charge on any atom is -0.386 e. The number of nitrogens with zero attached hydrogens (tertiary/aromatic N) is 1. The van der Waals surface area contributed by atoms with Gasteiger partial charge in [-0.1, -0.05) is 55.3 Å². The topological polar surface area (TPSA) is 32.3 Å². The number of hydrogen-bond donors (Lipinski definition) is 1. The Morgan fingerprint density at radius 3 is 2.91 bits per heavy atom. The summed E-state index contributed by atoms with van der Waals surface area (Å²) >= 11 is 12.2. The van der Waals surface area contributed by atoms with Crippen LogP contribution in [0, 0.1) is 0 Å². The summed E-state index contributed by atoms with van der Waals surface area (Å²) in [5.74, 6) is -0.00627. The summed E-state index contributed by atoms with van der Waals surface area (Å²) in [5, 5.41) is 4.19. The largest absolute Gasteiger partial charge is 0.386 e. The molecule has 5 heteroatoms. The maximum Gasteiger partial charge on any atom is 0.255 e. The SMILES string of the molecule is C=C(Cl)C1=C(/C=C\CCC)C(=O)N(C(C)C2=CC(Cl)=CNC2)C1. The van der Waals surface area contributed by atoms with Crippen LogP contribution in [0.1, 0.15) is 26.7 Å². The van der Waals surface area contributed by atoms with Crippen molar-refractivity contribution in [3.63, 3.8) is 0 Å². The lowest BCUT2D eigenvalue weighted by molar-refractivity contribution is -0.126. The molecule has 1 N–H and O–H groups in total. The lowest BCUT2D eigenvalue weighted by Gasteiger charge is -2.29. The van der Waals surface area contributed by atoms with E-state index >= 15 is 0 Å². The van der Waals surface area contributed by atoms with Crippen molar-refractivity contribution in [2.75, 3.05) is 13.1 Å². The molecule has 0 aliphatic carbocycles. The smallest absolute Gasteiger partial charge is 0.255 e. The molecule has 0 saturated carbocycles. The molecule has 0 saturated heterocycles. The zero-order chi connectivity index (χ0) is 17.0. The van der Waals surface area contributed by atoms with E-state index in [1.165, 1.54) is 0 Å². The van der Waals surface area contributed by atoms with Gasteiger partial charge in [0.15, 0.2) is 0 Å². The third-order valence-corrected chi connectivity index (χ3v) is 4.53. The molecule has 0 aromatic heterocycles. The summed E-state index contributed by atoms with van der Waals surface area (Å²) in [6.07, 6.45) is 9.54. The highest BCUT2D eigenvalue weighted by atomic mass is 35.5. The summed E-state index contributed by atoms with van der Waals surface area (Å²) in [6, 6.07) is -0.0551. The van der Waals surface area contributed by atoms with Gasteiger partial charge in [-0.05, 0) is 25.0 Å². The zero-order valence-electron chi connectivity index (χ0n) is 13.5. The van der Waals surface area contributed by atoms with Crippen molar-refractivity contribution >= 4 is 29.1 Å². The van der Waals surface area contributed by atoms with Crippen LogP contribution < -0.4 is 5.32 Å². The van der Waals surface area contributed by atoms with Crippen molar-refractivity contribution in [3.05, 3.63) is 57.8 Å². The van der Waals surface area contributed by atoms with Crippen LogP contribution in [0.5, 0.6) is 0 Å². The molecule has 2 aliphatic heterocycles. The molecule has 2 aliphatic rings. The summed E-state index contributed by atoms with van der Waals surface area (Å²) in [6.45, 7) is 9.07. The van der Waals surface area contributed by atoms with Gasteiger partial charge < -0.3 is 10.2 Å². The highest BCUT2D eigenvalue weighted by Crippen LogP contribution is 2.31. The van der Waals surface area contributed by atoms with Crippen LogP contribution in [0.3, 0.4) is 0 Å². The number of amides is 1. The van der Waals surface area contributed by atoms with Crippen molar-refractivity contribution in [1.29, 1.82) is 0 Å². The van der Waals surface area contributed by atoms with Crippen molar-refractivity contribution in [2.24, 2.45) is 0 Å². The minimum atomic E-state index is -0.0551. The van der Waals surface area contributed by atoms with E-state index in [0.717, 1.165) is 24.0 Å². The molecule has 2 rings (SSSR count). The van der Waals surface area contributed by atoms with E-state index in [1.807, 2.05) is 30.1 Å². The number of allylic oxidation sites excluding steroid dienone is 3. The quantitative estimate of drug-likeness (QED) is 0.775. The molecule has 0 aromatic carbocycles. The Labute approximate surface area is 148 Å². The second kappa shape index (κ2) is 7.89. The first-order chi connectivity index (χ1) is 11.0. The maximum atomic E-state index is 12.8. The highest BCUT2D eigenvalue weighted by Gasteiger charge is 2.34. The maximum absolute atomic E-state index is 12.8. The predicted molar refractivity (Wildman–Crippen MR) is 97.3 cm³/mol. The number of rotatable bonds is 6. The number of hydrogen-bond acceptors (Lipinski definition) is 2. The van der Waals surface area contributed by atoms with Crippen LogP contribution in [0.4, 0.5) is 0 Å². The molecule has 1 amide bonds. The molecular formula is C18H22Cl2N2O. The van der Waals surface area contributed by atoms with Gasteiger partial charge >= 0.3 is 0 Å². The molecule has 0 spiro atoms. The van der Waals surface area contributed by atoms with Crippen molar-refractivity contribution in [1.82, 2.24) is 10.2 Å². The summed E-state index contributed by atoms with van der Waals surface area (Å²) < 4.78 is 0. The van der Waals surface area contributed by atoms with Crippen LogP contribution in [-0.4, -0.2) is 29.9 Å². The molecule has 2 heterocycles. The highest BCUT2D eigenvalue weighted by molar-refractivity contribution is 6.32. The Balaban J connectivity index is 2.23. The number of carbonyl (C=O) groups excluding carboxylic acids is 1. The van der Waals surface area contributed by atoms with Gasteiger partial charge in [0.25, 0.3) is 5.91 Å². The van der Waals surface area contributed by atoms with Crippen LogP contribution in [-0.2, 0) is 4.79 Å². The monoisotopic (exact) mass is 352 g/mol. The van der Waals surface area contributed by atoms with E-state index in [2.05, 4.69) is 18.8 Å². The van der Waals surface area contributed by atoms with E-state index < -0.39 is 0 Å². The first-order valence-corrected chi connectivity index (χ1v) is 8.56. The van der Waals surface area contributed by atoms with E-state index in [1.54, 1.807) is 6.20 Å². The number of nitrogens with one attached hydrogen (secondary N) is 1. The number of dihydropyridines is 1. The number of unbranched alkanes of at least 4 members (excludes halogenated alkanes) is 1. The number of carbonyl (C=O) groups is 1.